The van der Waals surface area contributed by atoms with Crippen molar-refractivity contribution in [2.45, 2.75) is 83.0 Å². The van der Waals surface area contributed by atoms with E-state index in [1.807, 2.05) is 0 Å². The Hall–Kier alpha value is -1.07. The summed E-state index contributed by atoms with van der Waals surface area (Å²) in [5, 5.41) is 0. The van der Waals surface area contributed by atoms with Crippen LogP contribution in [0.15, 0.2) is 24.3 Å². The third-order valence-corrected chi connectivity index (χ3v) is 7.90. The van der Waals surface area contributed by atoms with Crippen molar-refractivity contribution in [1.82, 2.24) is 0 Å². The standard InChI is InChI=1S/C22H36O4S/c1-22(2,3)27(23,24)18-8-6-4-5-7-9-19-10-12-20(13-11-19)26-21-14-16-25-17-15-21/h10-13,21H,4-9,14-18H2,1-3H3. The number of aryl methyl sites for hydroxylation is 1. The van der Waals surface area contributed by atoms with Crippen LogP contribution in [0, 0.1) is 0 Å². The van der Waals surface area contributed by atoms with Crippen LogP contribution < -0.4 is 4.74 Å². The van der Waals surface area contributed by atoms with E-state index in [9.17, 15) is 8.42 Å². The second kappa shape index (κ2) is 10.5. The average molecular weight is 397 g/mol. The third kappa shape index (κ3) is 7.82. The normalized spacial score (nSPS) is 16.4. The molecule has 0 aliphatic carbocycles. The minimum absolute atomic E-state index is 0.284. The Morgan fingerprint density at radius 1 is 0.963 bits per heavy atom. The Kier molecular flexibility index (Phi) is 8.62. The molecule has 1 heterocycles. The van der Waals surface area contributed by atoms with Crippen molar-refractivity contribution in [3.05, 3.63) is 29.8 Å². The van der Waals surface area contributed by atoms with E-state index in [0.717, 1.165) is 70.3 Å². The lowest BCUT2D eigenvalue weighted by Gasteiger charge is -2.23. The second-order valence-corrected chi connectivity index (χ2v) is 11.4. The minimum Gasteiger partial charge on any atom is -0.490 e. The minimum atomic E-state index is -2.97. The first kappa shape index (κ1) is 22.2. The largest absolute Gasteiger partial charge is 0.490 e. The number of rotatable bonds is 10. The van der Waals surface area contributed by atoms with E-state index >= 15 is 0 Å². The molecule has 1 fully saturated rings. The van der Waals surface area contributed by atoms with Gasteiger partial charge in [0, 0.05) is 12.8 Å². The first-order valence-corrected chi connectivity index (χ1v) is 12.0. The fourth-order valence-corrected chi connectivity index (χ4v) is 4.38. The zero-order valence-electron chi connectivity index (χ0n) is 17.2. The van der Waals surface area contributed by atoms with Gasteiger partial charge in [0.15, 0.2) is 9.84 Å². The number of sulfone groups is 1. The average Bonchev–Trinajstić information content (AvgIpc) is 2.62. The molecule has 1 aliphatic heterocycles. The van der Waals surface area contributed by atoms with Crippen LogP contribution in [-0.4, -0.2) is 38.2 Å². The first-order chi connectivity index (χ1) is 12.8. The summed E-state index contributed by atoms with van der Waals surface area (Å²) in [6, 6.07) is 8.46. The van der Waals surface area contributed by atoms with Crippen molar-refractivity contribution in [1.29, 1.82) is 0 Å². The summed E-state index contributed by atoms with van der Waals surface area (Å²) < 4.78 is 34.9. The van der Waals surface area contributed by atoms with E-state index in [1.165, 1.54) is 5.56 Å². The highest BCUT2D eigenvalue weighted by molar-refractivity contribution is 7.92. The molecular formula is C22H36O4S. The van der Waals surface area contributed by atoms with Crippen molar-refractivity contribution in [2.24, 2.45) is 0 Å². The lowest BCUT2D eigenvalue weighted by Crippen LogP contribution is -2.30. The van der Waals surface area contributed by atoms with Crippen LogP contribution in [0.4, 0.5) is 0 Å². The van der Waals surface area contributed by atoms with E-state index < -0.39 is 14.6 Å². The molecule has 5 heteroatoms. The lowest BCUT2D eigenvalue weighted by molar-refractivity contribution is 0.0255. The van der Waals surface area contributed by atoms with Crippen molar-refractivity contribution < 1.29 is 17.9 Å². The van der Waals surface area contributed by atoms with Gasteiger partial charge in [-0.15, -0.1) is 0 Å². The quantitative estimate of drug-likeness (QED) is 0.525. The fraction of sp³-hybridized carbons (Fsp3) is 0.727. The summed E-state index contributed by atoms with van der Waals surface area (Å²) in [6.07, 6.45) is 8.46. The predicted molar refractivity (Wildman–Crippen MR) is 111 cm³/mol. The van der Waals surface area contributed by atoms with E-state index in [2.05, 4.69) is 24.3 Å². The third-order valence-electron chi connectivity index (χ3n) is 5.21. The molecule has 2 rings (SSSR count). The summed E-state index contributed by atoms with van der Waals surface area (Å²) in [5.74, 6) is 1.26. The van der Waals surface area contributed by atoms with Crippen LogP contribution in [-0.2, 0) is 21.0 Å². The van der Waals surface area contributed by atoms with Crippen LogP contribution in [0.25, 0.3) is 0 Å². The van der Waals surface area contributed by atoms with Crippen LogP contribution in [0.5, 0.6) is 5.75 Å². The molecule has 0 bridgehead atoms. The fourth-order valence-electron chi connectivity index (χ4n) is 3.18. The van der Waals surface area contributed by atoms with E-state index in [4.69, 9.17) is 9.47 Å². The molecule has 1 aromatic rings. The monoisotopic (exact) mass is 396 g/mol. The summed E-state index contributed by atoms with van der Waals surface area (Å²) >= 11 is 0. The van der Waals surface area contributed by atoms with Gasteiger partial charge in [0.2, 0.25) is 0 Å². The molecule has 4 nitrogen and oxygen atoms in total. The van der Waals surface area contributed by atoms with Crippen molar-refractivity contribution in [3.8, 4) is 5.75 Å². The molecule has 0 atom stereocenters. The van der Waals surface area contributed by atoms with Crippen LogP contribution in [0.2, 0.25) is 0 Å². The Bertz CT molecular complexity index is 638. The van der Waals surface area contributed by atoms with Crippen molar-refractivity contribution >= 4 is 9.84 Å². The van der Waals surface area contributed by atoms with Gasteiger partial charge in [0.1, 0.15) is 11.9 Å². The molecule has 27 heavy (non-hydrogen) atoms. The lowest BCUT2D eigenvalue weighted by atomic mass is 10.1. The Morgan fingerprint density at radius 3 is 2.19 bits per heavy atom. The number of ether oxygens (including phenoxy) is 2. The predicted octanol–water partition coefficient (Wildman–Crippen LogP) is 4.95. The van der Waals surface area contributed by atoms with Gasteiger partial charge in [-0.05, 0) is 57.7 Å². The Labute approximate surface area is 165 Å². The van der Waals surface area contributed by atoms with Crippen molar-refractivity contribution in [3.63, 3.8) is 0 Å². The molecule has 0 unspecified atom stereocenters. The molecule has 0 radical (unpaired) electrons. The van der Waals surface area contributed by atoms with Gasteiger partial charge >= 0.3 is 0 Å². The Balaban J connectivity index is 1.58. The zero-order valence-corrected chi connectivity index (χ0v) is 18.0. The number of unbranched alkanes of at least 4 members (excludes halogenated alkanes) is 4. The molecule has 0 amide bonds. The van der Waals surface area contributed by atoms with Gasteiger partial charge in [-0.25, -0.2) is 8.42 Å². The summed E-state index contributed by atoms with van der Waals surface area (Å²) in [4.78, 5) is 0. The van der Waals surface area contributed by atoms with Gasteiger partial charge in [-0.1, -0.05) is 31.4 Å². The van der Waals surface area contributed by atoms with Crippen LogP contribution in [0.1, 0.15) is 71.3 Å². The van der Waals surface area contributed by atoms with E-state index in [1.54, 1.807) is 20.8 Å². The molecule has 0 spiro atoms. The van der Waals surface area contributed by atoms with Gasteiger partial charge in [0.25, 0.3) is 0 Å². The van der Waals surface area contributed by atoms with Crippen LogP contribution in [0.3, 0.4) is 0 Å². The summed E-state index contributed by atoms with van der Waals surface area (Å²) in [6.45, 7) is 6.93. The van der Waals surface area contributed by atoms with E-state index in [-0.39, 0.29) is 6.10 Å². The molecule has 0 aromatic heterocycles. The maximum absolute atomic E-state index is 12.1. The van der Waals surface area contributed by atoms with E-state index in [0.29, 0.717) is 5.75 Å². The SMILES string of the molecule is CC(C)(C)S(=O)(=O)CCCCCCCc1ccc(OC2CCOCC2)cc1. The maximum Gasteiger partial charge on any atom is 0.155 e. The van der Waals surface area contributed by atoms with Gasteiger partial charge < -0.3 is 9.47 Å². The first-order valence-electron chi connectivity index (χ1n) is 10.3. The maximum atomic E-state index is 12.1. The van der Waals surface area contributed by atoms with Crippen molar-refractivity contribution in [2.75, 3.05) is 19.0 Å². The topological polar surface area (TPSA) is 52.6 Å². The molecule has 154 valence electrons. The summed E-state index contributed by atoms with van der Waals surface area (Å²) in [7, 11) is -2.97. The Morgan fingerprint density at radius 2 is 1.56 bits per heavy atom. The van der Waals surface area contributed by atoms with Gasteiger partial charge in [-0.2, -0.15) is 0 Å². The highest BCUT2D eigenvalue weighted by Crippen LogP contribution is 2.20. The molecule has 1 aliphatic rings. The summed E-state index contributed by atoms with van der Waals surface area (Å²) in [5.41, 5.74) is 1.34. The highest BCUT2D eigenvalue weighted by atomic mass is 32.2. The molecular weight excluding hydrogens is 360 g/mol. The van der Waals surface area contributed by atoms with Gasteiger partial charge in [-0.3, -0.25) is 0 Å². The van der Waals surface area contributed by atoms with Gasteiger partial charge in [0.05, 0.1) is 23.7 Å². The molecule has 0 saturated carbocycles. The smallest absolute Gasteiger partial charge is 0.155 e. The number of hydrogen-bond donors (Lipinski definition) is 0. The number of hydrogen-bond acceptors (Lipinski definition) is 4. The zero-order chi connectivity index (χ0) is 19.8. The van der Waals surface area contributed by atoms with Crippen LogP contribution >= 0.6 is 0 Å². The number of benzene rings is 1. The second-order valence-electron chi connectivity index (χ2n) is 8.52. The highest BCUT2D eigenvalue weighted by Gasteiger charge is 2.27. The molecule has 0 N–H and O–H groups in total. The molecule has 1 aromatic carbocycles. The molecule has 1 saturated heterocycles.